The molecular formula is C15H13N3O5S2. The van der Waals surface area contributed by atoms with E-state index in [2.05, 4.69) is 9.55 Å². The Hall–Kier alpha value is -2.33. The summed E-state index contributed by atoms with van der Waals surface area (Å²) in [5.41, 5.74) is 1.77. The maximum Gasteiger partial charge on any atom is 0.338 e. The molecule has 8 nitrogen and oxygen atoms in total. The van der Waals surface area contributed by atoms with Crippen molar-refractivity contribution < 1.29 is 22.5 Å². The van der Waals surface area contributed by atoms with Gasteiger partial charge in [-0.05, 0) is 36.9 Å². The molecule has 25 heavy (non-hydrogen) atoms. The van der Waals surface area contributed by atoms with Gasteiger partial charge in [-0.25, -0.2) is 13.2 Å². The van der Waals surface area contributed by atoms with Crippen molar-refractivity contribution in [1.82, 2.24) is 5.16 Å². The van der Waals surface area contributed by atoms with Crippen LogP contribution in [0.3, 0.4) is 0 Å². The smallest absolute Gasteiger partial charge is 0.338 e. The van der Waals surface area contributed by atoms with Crippen LogP contribution in [0.4, 0.5) is 5.69 Å². The van der Waals surface area contributed by atoms with E-state index in [0.29, 0.717) is 28.7 Å². The molecule has 0 fully saturated rings. The lowest BCUT2D eigenvalue weighted by Crippen LogP contribution is -2.35. The summed E-state index contributed by atoms with van der Waals surface area (Å²) in [6, 6.07) is 6.81. The Morgan fingerprint density at radius 1 is 1.40 bits per heavy atom. The molecule has 0 unspecified atom stereocenters. The predicted octanol–water partition coefficient (Wildman–Crippen LogP) is 1.95. The Morgan fingerprint density at radius 2 is 2.24 bits per heavy atom. The van der Waals surface area contributed by atoms with Crippen molar-refractivity contribution in [1.29, 1.82) is 0 Å². The standard InChI is InChI=1S/C15H13N3O5S2/c1-9-6-11(16-23-9)8-22-14(19)10-2-3-12-13(7-10)24-15-17-25(20,21)5-4-18(12)15/h2-3,6-7H,4-5,8H2,1H3. The van der Waals surface area contributed by atoms with Crippen LogP contribution in [0.5, 0.6) is 0 Å². The van der Waals surface area contributed by atoms with E-state index in [4.69, 9.17) is 9.26 Å². The molecule has 1 aromatic heterocycles. The van der Waals surface area contributed by atoms with E-state index >= 15 is 0 Å². The van der Waals surface area contributed by atoms with Crippen molar-refractivity contribution in [3.8, 4) is 0 Å². The molecule has 0 atom stereocenters. The zero-order valence-corrected chi connectivity index (χ0v) is 14.8. The van der Waals surface area contributed by atoms with E-state index < -0.39 is 16.0 Å². The van der Waals surface area contributed by atoms with Crippen LogP contribution in [-0.4, -0.2) is 37.0 Å². The van der Waals surface area contributed by atoms with Gasteiger partial charge in [-0.1, -0.05) is 5.16 Å². The van der Waals surface area contributed by atoms with Crippen LogP contribution >= 0.6 is 11.8 Å². The molecule has 1 aromatic carbocycles. The van der Waals surface area contributed by atoms with Gasteiger partial charge in [0, 0.05) is 17.5 Å². The second kappa shape index (κ2) is 5.88. The van der Waals surface area contributed by atoms with Gasteiger partial charge in [0.25, 0.3) is 10.0 Å². The van der Waals surface area contributed by atoms with Crippen LogP contribution in [-0.2, 0) is 21.4 Å². The number of fused-ring (bicyclic) bond motifs is 3. The van der Waals surface area contributed by atoms with Crippen LogP contribution in [0.2, 0.25) is 0 Å². The van der Waals surface area contributed by atoms with Crippen molar-refractivity contribution in [3.63, 3.8) is 0 Å². The normalized spacial score (nSPS) is 17.6. The number of ether oxygens (including phenoxy) is 1. The minimum Gasteiger partial charge on any atom is -0.455 e. The fourth-order valence-electron chi connectivity index (χ4n) is 2.57. The first-order chi connectivity index (χ1) is 11.9. The molecule has 0 amide bonds. The molecule has 2 aliphatic heterocycles. The van der Waals surface area contributed by atoms with Gasteiger partial charge in [-0.3, -0.25) is 0 Å². The predicted molar refractivity (Wildman–Crippen MR) is 91.2 cm³/mol. The zero-order chi connectivity index (χ0) is 17.6. The number of sulfonamides is 1. The van der Waals surface area contributed by atoms with Crippen molar-refractivity contribution in [2.45, 2.75) is 18.4 Å². The second-order valence-corrected chi connectivity index (χ2v) is 8.36. The molecule has 0 aliphatic carbocycles. The molecule has 3 heterocycles. The summed E-state index contributed by atoms with van der Waals surface area (Å²) in [4.78, 5) is 14.8. The van der Waals surface area contributed by atoms with Gasteiger partial charge in [0.05, 0.1) is 17.0 Å². The van der Waals surface area contributed by atoms with Crippen molar-refractivity contribution in [2.75, 3.05) is 17.2 Å². The number of rotatable bonds is 3. The van der Waals surface area contributed by atoms with Gasteiger partial charge >= 0.3 is 5.97 Å². The maximum absolute atomic E-state index is 12.2. The van der Waals surface area contributed by atoms with E-state index in [1.165, 1.54) is 11.8 Å². The number of esters is 1. The lowest BCUT2D eigenvalue weighted by molar-refractivity contribution is 0.0464. The van der Waals surface area contributed by atoms with E-state index in [1.54, 1.807) is 31.2 Å². The number of amidine groups is 1. The average Bonchev–Trinajstić information content (AvgIpc) is 3.13. The SMILES string of the molecule is Cc1cc(COC(=O)c2ccc3c(c2)SC2=NS(=O)(=O)CCN23)no1. The summed E-state index contributed by atoms with van der Waals surface area (Å²) in [5.74, 6) is 0.146. The number of aromatic nitrogens is 1. The number of hydrogen-bond donors (Lipinski definition) is 0. The van der Waals surface area contributed by atoms with Crippen molar-refractivity contribution in [2.24, 2.45) is 4.40 Å². The van der Waals surface area contributed by atoms with Gasteiger partial charge in [0.15, 0.2) is 5.17 Å². The van der Waals surface area contributed by atoms with Gasteiger partial charge in [-0.2, -0.15) is 0 Å². The van der Waals surface area contributed by atoms with Crippen LogP contribution in [0.15, 0.2) is 38.1 Å². The van der Waals surface area contributed by atoms with Crippen molar-refractivity contribution >= 4 is 38.6 Å². The highest BCUT2D eigenvalue weighted by Gasteiger charge is 2.33. The third-order valence-corrected chi connectivity index (χ3v) is 6.04. The minimum absolute atomic E-state index is 0.0165. The molecule has 0 N–H and O–H groups in total. The fourth-order valence-corrected chi connectivity index (χ4v) is 4.86. The summed E-state index contributed by atoms with van der Waals surface area (Å²) >= 11 is 1.23. The average molecular weight is 379 g/mol. The molecule has 0 saturated heterocycles. The van der Waals surface area contributed by atoms with Crippen LogP contribution in [0, 0.1) is 6.92 Å². The van der Waals surface area contributed by atoms with Crippen LogP contribution in [0.25, 0.3) is 0 Å². The largest absolute Gasteiger partial charge is 0.455 e. The third-order valence-electron chi connectivity index (χ3n) is 3.74. The molecule has 0 radical (unpaired) electrons. The fraction of sp³-hybridized carbons (Fsp3) is 0.267. The maximum atomic E-state index is 12.2. The quantitative estimate of drug-likeness (QED) is 0.746. The third kappa shape index (κ3) is 3.14. The first-order valence-corrected chi connectivity index (χ1v) is 9.85. The van der Waals surface area contributed by atoms with Crippen LogP contribution < -0.4 is 4.90 Å². The summed E-state index contributed by atoms with van der Waals surface area (Å²) in [6.07, 6.45) is 0. The van der Waals surface area contributed by atoms with E-state index in [-0.39, 0.29) is 12.4 Å². The molecule has 4 rings (SSSR count). The van der Waals surface area contributed by atoms with Gasteiger partial charge < -0.3 is 14.2 Å². The number of aryl methyl sites for hydroxylation is 1. The zero-order valence-electron chi connectivity index (χ0n) is 13.1. The summed E-state index contributed by atoms with van der Waals surface area (Å²) in [6.45, 7) is 2.14. The van der Waals surface area contributed by atoms with Crippen LogP contribution in [0.1, 0.15) is 21.8 Å². The second-order valence-electron chi connectivity index (χ2n) is 5.60. The Kier molecular flexibility index (Phi) is 3.80. The first-order valence-electron chi connectivity index (χ1n) is 7.43. The molecule has 0 saturated carbocycles. The Bertz CT molecular complexity index is 996. The highest BCUT2D eigenvalue weighted by Crippen LogP contribution is 2.42. The Balaban J connectivity index is 1.52. The molecule has 2 aliphatic rings. The van der Waals surface area contributed by atoms with Crippen molar-refractivity contribution in [3.05, 3.63) is 41.3 Å². The summed E-state index contributed by atoms with van der Waals surface area (Å²) < 4.78 is 37.2. The highest BCUT2D eigenvalue weighted by molar-refractivity contribution is 8.15. The number of benzene rings is 1. The van der Waals surface area contributed by atoms with Gasteiger partial charge in [0.1, 0.15) is 18.1 Å². The summed E-state index contributed by atoms with van der Waals surface area (Å²) in [5, 5.41) is 4.19. The number of carbonyl (C=O) groups is 1. The Morgan fingerprint density at radius 3 is 3.00 bits per heavy atom. The number of thioether (sulfide) groups is 1. The molecule has 2 aromatic rings. The lowest BCUT2D eigenvalue weighted by Gasteiger charge is -2.22. The minimum atomic E-state index is -3.40. The molecule has 10 heteroatoms. The number of anilines is 1. The monoisotopic (exact) mass is 379 g/mol. The molecule has 0 spiro atoms. The number of carbonyl (C=O) groups excluding carboxylic acids is 1. The van der Waals surface area contributed by atoms with E-state index in [1.807, 2.05) is 4.90 Å². The first kappa shape index (κ1) is 16.2. The lowest BCUT2D eigenvalue weighted by atomic mass is 10.2. The summed E-state index contributed by atoms with van der Waals surface area (Å²) in [7, 11) is -3.40. The molecular weight excluding hydrogens is 366 g/mol. The van der Waals surface area contributed by atoms with E-state index in [0.717, 1.165) is 10.6 Å². The topological polar surface area (TPSA) is 102 Å². The highest BCUT2D eigenvalue weighted by atomic mass is 32.2. The van der Waals surface area contributed by atoms with E-state index in [9.17, 15) is 13.2 Å². The Labute approximate surface area is 147 Å². The van der Waals surface area contributed by atoms with Gasteiger partial charge in [-0.15, -0.1) is 4.40 Å². The van der Waals surface area contributed by atoms with Gasteiger partial charge in [0.2, 0.25) is 0 Å². The number of hydrogen-bond acceptors (Lipinski definition) is 8. The molecule has 0 bridgehead atoms. The number of nitrogens with zero attached hydrogens (tertiary/aromatic N) is 3. The molecule has 130 valence electrons.